The summed E-state index contributed by atoms with van der Waals surface area (Å²) in [5.41, 5.74) is 6.66. The third kappa shape index (κ3) is 3.91. The van der Waals surface area contributed by atoms with Gasteiger partial charge in [-0.3, -0.25) is 0 Å². The second kappa shape index (κ2) is 7.75. The highest BCUT2D eigenvalue weighted by Gasteiger charge is 2.21. The summed E-state index contributed by atoms with van der Waals surface area (Å²) in [5, 5.41) is 14.0. The summed E-state index contributed by atoms with van der Waals surface area (Å²) in [4.78, 5) is 0.801. The molecule has 0 aliphatic carbocycles. The molecule has 5 nitrogen and oxygen atoms in total. The summed E-state index contributed by atoms with van der Waals surface area (Å²) in [6.07, 6.45) is 0.810. The number of thioether (sulfide) groups is 1. The van der Waals surface area contributed by atoms with E-state index >= 15 is 0 Å². The molecule has 2 aromatic carbocycles. The third-order valence-corrected chi connectivity index (χ3v) is 6.28. The van der Waals surface area contributed by atoms with Crippen molar-refractivity contribution in [3.8, 4) is 0 Å². The largest absolute Gasteiger partial charge is 0.348 e. The molecule has 0 fully saturated rings. The molecule has 1 atom stereocenters. The predicted molar refractivity (Wildman–Crippen MR) is 105 cm³/mol. The highest BCUT2D eigenvalue weighted by atomic mass is 35.5. The summed E-state index contributed by atoms with van der Waals surface area (Å²) in [5.74, 6) is 1.62. The quantitative estimate of drug-likeness (QED) is 0.499. The van der Waals surface area contributed by atoms with Crippen molar-refractivity contribution in [1.82, 2.24) is 19.8 Å². The first-order chi connectivity index (χ1) is 12.7. The Kier molecular flexibility index (Phi) is 5.21. The number of hydrogen-bond acceptors (Lipinski definition) is 5. The molecule has 0 saturated heterocycles. The summed E-state index contributed by atoms with van der Waals surface area (Å²) in [6, 6.07) is 18.2. The molecule has 0 radical (unpaired) electrons. The number of rotatable bonds is 6. The first-order valence-electron chi connectivity index (χ1n) is 8.15. The molecule has 0 bridgehead atoms. The fraction of sp³-hybridized carbons (Fsp3) is 0.167. The van der Waals surface area contributed by atoms with Gasteiger partial charge in [-0.05, 0) is 23.3 Å². The molecule has 0 aliphatic heterocycles. The van der Waals surface area contributed by atoms with E-state index in [1.165, 1.54) is 11.1 Å². The molecule has 2 aromatic heterocycles. The molecule has 4 aromatic rings. The van der Waals surface area contributed by atoms with Crippen molar-refractivity contribution < 1.29 is 5.73 Å². The number of hydrogen-bond donors (Lipinski definition) is 1. The van der Waals surface area contributed by atoms with Crippen LogP contribution >= 0.6 is 34.7 Å². The molecule has 3 N–H and O–H groups in total. The number of aromatic nitrogens is 4. The number of nitrogens with zero attached hydrogens (tertiary/aromatic N) is 4. The Hall–Kier alpha value is -1.93. The minimum Gasteiger partial charge on any atom is -0.348 e. The van der Waals surface area contributed by atoms with Crippen molar-refractivity contribution >= 4 is 39.7 Å². The van der Waals surface area contributed by atoms with Crippen molar-refractivity contribution in [3.63, 3.8) is 0 Å². The van der Waals surface area contributed by atoms with E-state index < -0.39 is 0 Å². The third-order valence-electron chi connectivity index (χ3n) is 3.94. The molecule has 0 unspecified atom stereocenters. The maximum Gasteiger partial charge on any atom is 0.235 e. The molecule has 8 heteroatoms. The first-order valence-corrected chi connectivity index (χ1v) is 10.3. The van der Waals surface area contributed by atoms with E-state index in [2.05, 4.69) is 39.2 Å². The van der Waals surface area contributed by atoms with Gasteiger partial charge in [-0.2, -0.15) is 4.52 Å². The van der Waals surface area contributed by atoms with Gasteiger partial charge in [0, 0.05) is 17.2 Å². The lowest BCUT2D eigenvalue weighted by Gasteiger charge is -2.05. The van der Waals surface area contributed by atoms with E-state index in [0.29, 0.717) is 0 Å². The standard InChI is InChI=1S/C18H16ClN5S2/c19-14-8-4-7-13(9-14)11-25-18-23-24-16(21-22-17(24)26-18)15(20)10-12-5-2-1-3-6-12/h1-9,15H,10-11,20H2/p+1/t15-/m0/s1. The lowest BCUT2D eigenvalue weighted by atomic mass is 10.1. The van der Waals surface area contributed by atoms with Crippen LogP contribution in [0.4, 0.5) is 0 Å². The van der Waals surface area contributed by atoms with Crippen LogP contribution in [-0.2, 0) is 12.2 Å². The highest BCUT2D eigenvalue weighted by molar-refractivity contribution is 8.00. The van der Waals surface area contributed by atoms with Crippen LogP contribution < -0.4 is 5.73 Å². The molecule has 0 aliphatic rings. The van der Waals surface area contributed by atoms with E-state index in [-0.39, 0.29) is 6.04 Å². The fourth-order valence-electron chi connectivity index (χ4n) is 2.69. The van der Waals surface area contributed by atoms with E-state index in [1.807, 2.05) is 40.9 Å². The van der Waals surface area contributed by atoms with Crippen molar-refractivity contribution in [3.05, 3.63) is 76.6 Å². The average molecular weight is 403 g/mol. The fourth-order valence-corrected chi connectivity index (χ4v) is 4.73. The van der Waals surface area contributed by atoms with E-state index in [0.717, 1.165) is 32.3 Å². The smallest absolute Gasteiger partial charge is 0.235 e. The molecule has 0 spiro atoms. The van der Waals surface area contributed by atoms with Crippen LogP contribution in [0.2, 0.25) is 5.02 Å². The van der Waals surface area contributed by atoms with Gasteiger partial charge >= 0.3 is 0 Å². The van der Waals surface area contributed by atoms with E-state index in [1.54, 1.807) is 23.1 Å². The minimum atomic E-state index is 0.000259. The molecule has 0 saturated carbocycles. The average Bonchev–Trinajstić information content (AvgIpc) is 3.21. The van der Waals surface area contributed by atoms with Crippen LogP contribution in [0.3, 0.4) is 0 Å². The summed E-state index contributed by atoms with van der Waals surface area (Å²) >= 11 is 9.27. The van der Waals surface area contributed by atoms with Gasteiger partial charge in [-0.25, -0.2) is 0 Å². The van der Waals surface area contributed by atoms with Crippen LogP contribution in [0.1, 0.15) is 23.0 Å². The van der Waals surface area contributed by atoms with E-state index in [4.69, 9.17) is 11.6 Å². The number of fused-ring (bicyclic) bond motifs is 1. The van der Waals surface area contributed by atoms with Gasteiger partial charge in [0.2, 0.25) is 10.8 Å². The monoisotopic (exact) mass is 402 g/mol. The van der Waals surface area contributed by atoms with Gasteiger partial charge in [-0.1, -0.05) is 77.2 Å². The molecule has 4 rings (SSSR count). The molecule has 26 heavy (non-hydrogen) atoms. The van der Waals surface area contributed by atoms with Crippen LogP contribution in [0.5, 0.6) is 0 Å². The van der Waals surface area contributed by atoms with Gasteiger partial charge < -0.3 is 5.73 Å². The predicted octanol–water partition coefficient (Wildman–Crippen LogP) is 3.66. The van der Waals surface area contributed by atoms with Gasteiger partial charge in [0.25, 0.3) is 0 Å². The second-order valence-electron chi connectivity index (χ2n) is 5.93. The lowest BCUT2D eigenvalue weighted by Crippen LogP contribution is -2.55. The Labute approximate surface area is 164 Å². The van der Waals surface area contributed by atoms with E-state index in [9.17, 15) is 0 Å². The lowest BCUT2D eigenvalue weighted by molar-refractivity contribution is -0.428. The zero-order valence-electron chi connectivity index (χ0n) is 13.9. The van der Waals surface area contributed by atoms with Crippen LogP contribution in [0, 0.1) is 0 Å². The van der Waals surface area contributed by atoms with Crippen molar-refractivity contribution in [2.24, 2.45) is 0 Å². The highest BCUT2D eigenvalue weighted by Crippen LogP contribution is 2.29. The Morgan fingerprint density at radius 1 is 1.08 bits per heavy atom. The zero-order chi connectivity index (χ0) is 17.9. The Morgan fingerprint density at radius 3 is 2.69 bits per heavy atom. The van der Waals surface area contributed by atoms with Crippen LogP contribution in [-0.4, -0.2) is 19.8 Å². The maximum atomic E-state index is 6.04. The van der Waals surface area contributed by atoms with Crippen molar-refractivity contribution in [2.75, 3.05) is 0 Å². The second-order valence-corrected chi connectivity index (χ2v) is 8.54. The SMILES string of the molecule is [NH3+][C@@H](Cc1ccccc1)c1nnc2sc(SCc3cccc(Cl)c3)nn12. The van der Waals surface area contributed by atoms with Gasteiger partial charge in [0.05, 0.1) is 0 Å². The first kappa shape index (κ1) is 17.5. The van der Waals surface area contributed by atoms with Gasteiger partial charge in [0.15, 0.2) is 10.4 Å². The molecule has 2 heterocycles. The van der Waals surface area contributed by atoms with Crippen molar-refractivity contribution in [1.29, 1.82) is 0 Å². The van der Waals surface area contributed by atoms with Crippen LogP contribution in [0.15, 0.2) is 58.9 Å². The summed E-state index contributed by atoms with van der Waals surface area (Å²) < 4.78 is 2.79. The number of quaternary nitrogens is 1. The normalized spacial score (nSPS) is 12.5. The Balaban J connectivity index is 1.49. The topological polar surface area (TPSA) is 70.7 Å². The molecule has 0 amide bonds. The van der Waals surface area contributed by atoms with Crippen LogP contribution in [0.25, 0.3) is 4.96 Å². The van der Waals surface area contributed by atoms with Gasteiger partial charge in [0.1, 0.15) is 0 Å². The molecular weight excluding hydrogens is 386 g/mol. The molecule has 132 valence electrons. The zero-order valence-corrected chi connectivity index (χ0v) is 16.3. The maximum absolute atomic E-state index is 6.04. The Morgan fingerprint density at radius 2 is 1.88 bits per heavy atom. The van der Waals surface area contributed by atoms with Gasteiger partial charge in [-0.15, -0.1) is 15.3 Å². The minimum absolute atomic E-state index is 0.000259. The molecular formula is C18H17ClN5S2+. The Bertz CT molecular complexity index is 1010. The summed E-state index contributed by atoms with van der Waals surface area (Å²) in [6.45, 7) is 0. The summed E-state index contributed by atoms with van der Waals surface area (Å²) in [7, 11) is 0. The number of halogens is 1. The number of benzene rings is 2. The van der Waals surface area contributed by atoms with Crippen molar-refractivity contribution in [2.45, 2.75) is 22.6 Å².